The summed E-state index contributed by atoms with van der Waals surface area (Å²) in [5.74, 6) is -1.39. The maximum atomic E-state index is 12.6. The normalized spacial score (nSPS) is 12.4. The highest BCUT2D eigenvalue weighted by Crippen LogP contribution is 2.18. The third-order valence-electron chi connectivity index (χ3n) is 4.08. The maximum absolute atomic E-state index is 12.6. The van der Waals surface area contributed by atoms with Crippen molar-refractivity contribution in [1.29, 1.82) is 0 Å². The van der Waals surface area contributed by atoms with Crippen molar-refractivity contribution >= 4 is 11.9 Å². The van der Waals surface area contributed by atoms with E-state index in [1.54, 1.807) is 13.8 Å². The minimum absolute atomic E-state index is 0.200. The fraction of sp³-hybridized carbons (Fsp3) is 0.333. The Morgan fingerprint density at radius 2 is 1.54 bits per heavy atom. The van der Waals surface area contributed by atoms with E-state index >= 15 is 0 Å². The van der Waals surface area contributed by atoms with E-state index in [1.165, 1.54) is 0 Å². The molecule has 0 spiro atoms. The second-order valence-corrected chi connectivity index (χ2v) is 6.92. The van der Waals surface area contributed by atoms with Crippen LogP contribution in [-0.4, -0.2) is 29.6 Å². The van der Waals surface area contributed by atoms with Gasteiger partial charge in [-0.3, -0.25) is 4.79 Å². The molecular weight excluding hydrogens is 330 g/mol. The highest BCUT2D eigenvalue weighted by atomic mass is 16.5. The van der Waals surface area contributed by atoms with E-state index in [2.05, 4.69) is 5.32 Å². The van der Waals surface area contributed by atoms with Crippen molar-refractivity contribution in [2.45, 2.75) is 32.9 Å². The quantitative estimate of drug-likeness (QED) is 0.725. The molecule has 1 amide bonds. The molecule has 0 heterocycles. The van der Waals surface area contributed by atoms with E-state index in [1.807, 2.05) is 60.7 Å². The molecule has 0 radical (unpaired) electrons. The van der Waals surface area contributed by atoms with Gasteiger partial charge in [0.15, 0.2) is 0 Å². The van der Waals surface area contributed by atoms with Gasteiger partial charge in [0.05, 0.1) is 18.6 Å². The van der Waals surface area contributed by atoms with Crippen LogP contribution in [0.2, 0.25) is 0 Å². The predicted octanol–water partition coefficient (Wildman–Crippen LogP) is 3.04. The Balaban J connectivity index is 1.90. The Kier molecular flexibility index (Phi) is 6.92. The van der Waals surface area contributed by atoms with E-state index in [9.17, 15) is 14.7 Å². The van der Waals surface area contributed by atoms with Gasteiger partial charge in [0.2, 0.25) is 5.91 Å². The van der Waals surface area contributed by atoms with Crippen LogP contribution in [0.5, 0.6) is 0 Å². The summed E-state index contributed by atoms with van der Waals surface area (Å²) in [6, 6.07) is 18.0. The summed E-state index contributed by atoms with van der Waals surface area (Å²) in [6.07, 6.45) is 0.239. The molecule has 0 saturated heterocycles. The van der Waals surface area contributed by atoms with Crippen LogP contribution in [0.25, 0.3) is 0 Å². The predicted molar refractivity (Wildman–Crippen MR) is 99.6 cm³/mol. The third kappa shape index (κ3) is 6.01. The summed E-state index contributed by atoms with van der Waals surface area (Å²) in [5, 5.41) is 12.1. The van der Waals surface area contributed by atoms with Gasteiger partial charge >= 0.3 is 5.97 Å². The largest absolute Gasteiger partial charge is 0.480 e. The molecule has 0 aromatic heterocycles. The molecule has 0 saturated carbocycles. The lowest BCUT2D eigenvalue weighted by molar-refractivity contribution is -0.144. The molecule has 0 aliphatic heterocycles. The maximum Gasteiger partial charge on any atom is 0.326 e. The number of aliphatic carboxylic acids is 1. The number of ether oxygens (including phenoxy) is 1. The standard InChI is InChI=1S/C21H25NO4/c1-21(2,15-26-14-17-11-7-4-8-12-17)20(25)22-18(19(23)24)13-16-9-5-3-6-10-16/h3-12,18H,13-15H2,1-2H3,(H,22,25)(H,23,24). The Morgan fingerprint density at radius 1 is 1.00 bits per heavy atom. The zero-order valence-electron chi connectivity index (χ0n) is 15.1. The zero-order valence-corrected chi connectivity index (χ0v) is 15.1. The lowest BCUT2D eigenvalue weighted by Gasteiger charge is -2.26. The number of carbonyl (C=O) groups excluding carboxylic acids is 1. The first-order valence-electron chi connectivity index (χ1n) is 8.58. The molecular formula is C21H25NO4. The topological polar surface area (TPSA) is 75.6 Å². The molecule has 1 atom stereocenters. The van der Waals surface area contributed by atoms with Crippen molar-refractivity contribution in [2.24, 2.45) is 5.41 Å². The molecule has 0 aliphatic rings. The minimum Gasteiger partial charge on any atom is -0.480 e. The molecule has 5 heteroatoms. The summed E-state index contributed by atoms with van der Waals surface area (Å²) in [5.41, 5.74) is 1.05. The molecule has 0 bridgehead atoms. The van der Waals surface area contributed by atoms with Gasteiger partial charge in [0, 0.05) is 6.42 Å². The van der Waals surface area contributed by atoms with E-state index in [0.29, 0.717) is 6.61 Å². The van der Waals surface area contributed by atoms with Gasteiger partial charge < -0.3 is 15.2 Å². The van der Waals surface area contributed by atoms with E-state index in [4.69, 9.17) is 4.74 Å². The van der Waals surface area contributed by atoms with Crippen LogP contribution in [0.3, 0.4) is 0 Å². The van der Waals surface area contributed by atoms with Crippen molar-refractivity contribution < 1.29 is 19.4 Å². The number of benzene rings is 2. The van der Waals surface area contributed by atoms with Gasteiger partial charge in [-0.15, -0.1) is 0 Å². The molecule has 0 fully saturated rings. The van der Waals surface area contributed by atoms with Gasteiger partial charge in [-0.1, -0.05) is 60.7 Å². The molecule has 26 heavy (non-hydrogen) atoms. The molecule has 2 N–H and O–H groups in total. The van der Waals surface area contributed by atoms with E-state index < -0.39 is 17.4 Å². The highest BCUT2D eigenvalue weighted by molar-refractivity contribution is 5.87. The number of rotatable bonds is 9. The van der Waals surface area contributed by atoms with Gasteiger partial charge in [0.25, 0.3) is 0 Å². The van der Waals surface area contributed by atoms with Crippen LogP contribution in [0.1, 0.15) is 25.0 Å². The fourth-order valence-electron chi connectivity index (χ4n) is 2.47. The third-order valence-corrected chi connectivity index (χ3v) is 4.08. The molecule has 5 nitrogen and oxygen atoms in total. The number of nitrogens with one attached hydrogen (secondary N) is 1. The van der Waals surface area contributed by atoms with E-state index in [-0.39, 0.29) is 18.9 Å². The SMILES string of the molecule is CC(C)(COCc1ccccc1)C(=O)NC(Cc1ccccc1)C(=O)O. The molecule has 1 unspecified atom stereocenters. The Morgan fingerprint density at radius 3 is 2.08 bits per heavy atom. The first kappa shape index (κ1) is 19.7. The summed E-state index contributed by atoms with van der Waals surface area (Å²) >= 11 is 0. The Labute approximate surface area is 154 Å². The summed E-state index contributed by atoms with van der Waals surface area (Å²) in [4.78, 5) is 24.1. The number of hydrogen-bond acceptors (Lipinski definition) is 3. The molecule has 138 valence electrons. The fourth-order valence-corrected chi connectivity index (χ4v) is 2.47. The second-order valence-electron chi connectivity index (χ2n) is 6.92. The molecule has 2 aromatic carbocycles. The van der Waals surface area contributed by atoms with Crippen LogP contribution in [0.4, 0.5) is 0 Å². The van der Waals surface area contributed by atoms with Crippen molar-refractivity contribution in [1.82, 2.24) is 5.32 Å². The van der Waals surface area contributed by atoms with Crippen LogP contribution >= 0.6 is 0 Å². The lowest BCUT2D eigenvalue weighted by atomic mass is 9.92. The van der Waals surface area contributed by atoms with Crippen molar-refractivity contribution in [3.8, 4) is 0 Å². The monoisotopic (exact) mass is 355 g/mol. The summed E-state index contributed by atoms with van der Waals surface area (Å²) < 4.78 is 5.66. The van der Waals surface area contributed by atoms with E-state index in [0.717, 1.165) is 11.1 Å². The molecule has 2 aromatic rings. The smallest absolute Gasteiger partial charge is 0.326 e. The average molecular weight is 355 g/mol. The van der Waals surface area contributed by atoms with Gasteiger partial charge in [-0.2, -0.15) is 0 Å². The van der Waals surface area contributed by atoms with Crippen LogP contribution < -0.4 is 5.32 Å². The van der Waals surface area contributed by atoms with Gasteiger partial charge in [-0.25, -0.2) is 4.79 Å². The van der Waals surface area contributed by atoms with Gasteiger partial charge in [0.1, 0.15) is 6.04 Å². The summed E-state index contributed by atoms with van der Waals surface area (Å²) in [7, 11) is 0. The first-order valence-corrected chi connectivity index (χ1v) is 8.58. The highest BCUT2D eigenvalue weighted by Gasteiger charge is 2.31. The van der Waals surface area contributed by atoms with Gasteiger partial charge in [-0.05, 0) is 25.0 Å². The Hall–Kier alpha value is -2.66. The summed E-state index contributed by atoms with van der Waals surface area (Å²) in [6.45, 7) is 4.10. The number of carboxylic acids is 1. The number of carboxylic acid groups (broad SMARTS) is 1. The number of amides is 1. The van der Waals surface area contributed by atoms with Crippen molar-refractivity contribution in [3.05, 3.63) is 71.8 Å². The average Bonchev–Trinajstić information content (AvgIpc) is 2.62. The number of hydrogen-bond donors (Lipinski definition) is 2. The lowest BCUT2D eigenvalue weighted by Crippen LogP contribution is -2.49. The van der Waals surface area contributed by atoms with Crippen molar-refractivity contribution in [2.75, 3.05) is 6.61 Å². The van der Waals surface area contributed by atoms with Crippen LogP contribution in [0, 0.1) is 5.41 Å². The number of carbonyl (C=O) groups is 2. The Bertz CT molecular complexity index is 713. The van der Waals surface area contributed by atoms with Crippen LogP contribution in [0.15, 0.2) is 60.7 Å². The second kappa shape index (κ2) is 9.15. The van der Waals surface area contributed by atoms with Crippen molar-refractivity contribution in [3.63, 3.8) is 0 Å². The van der Waals surface area contributed by atoms with Crippen LogP contribution in [-0.2, 0) is 27.4 Å². The zero-order chi connectivity index (χ0) is 19.0. The molecule has 2 rings (SSSR count). The minimum atomic E-state index is -1.05. The first-order chi connectivity index (χ1) is 12.4. The molecule has 0 aliphatic carbocycles.